The Kier molecular flexibility index (Phi) is 2.81. The molecule has 0 aliphatic heterocycles. The molecular weight excluding hydrogens is 136 g/mol. The van der Waals surface area contributed by atoms with Crippen molar-refractivity contribution < 1.29 is 0 Å². The molecule has 0 aromatic carbocycles. The average molecular weight is 148 g/mol. The zero-order valence-electron chi connectivity index (χ0n) is 6.46. The fourth-order valence-corrected chi connectivity index (χ4v) is 0.890. The second-order valence-corrected chi connectivity index (χ2v) is 2.38. The van der Waals surface area contributed by atoms with E-state index in [-0.39, 0.29) is 0 Å². The van der Waals surface area contributed by atoms with Crippen molar-refractivity contribution in [2.45, 2.75) is 6.42 Å². The molecule has 1 aromatic rings. The predicted octanol–water partition coefficient (Wildman–Crippen LogP) is 1.44. The monoisotopic (exact) mass is 148 g/mol. The Hall–Kier alpha value is -1.15. The average Bonchev–Trinajstić information content (AvgIpc) is 2.07. The standard InChI is InChI=1S/C9H12N2/c1-8(4-5-10)9-3-2-6-11-7-9/h2-3,6-7H,1,4-5,10H2. The summed E-state index contributed by atoms with van der Waals surface area (Å²) >= 11 is 0. The van der Waals surface area contributed by atoms with Crippen LogP contribution >= 0.6 is 0 Å². The van der Waals surface area contributed by atoms with Crippen LogP contribution in [0.25, 0.3) is 5.57 Å². The minimum Gasteiger partial charge on any atom is -0.330 e. The first-order valence-electron chi connectivity index (χ1n) is 3.63. The maximum absolute atomic E-state index is 5.39. The smallest absolute Gasteiger partial charge is 0.0342 e. The van der Waals surface area contributed by atoms with Crippen molar-refractivity contribution in [3.05, 3.63) is 36.7 Å². The molecular formula is C9H12N2. The van der Waals surface area contributed by atoms with Crippen LogP contribution in [0.3, 0.4) is 0 Å². The number of hydrogen-bond acceptors (Lipinski definition) is 2. The van der Waals surface area contributed by atoms with Crippen molar-refractivity contribution in [2.75, 3.05) is 6.54 Å². The van der Waals surface area contributed by atoms with Crippen LogP contribution in [0, 0.1) is 0 Å². The number of pyridine rings is 1. The molecule has 11 heavy (non-hydrogen) atoms. The maximum atomic E-state index is 5.39. The highest BCUT2D eigenvalue weighted by Crippen LogP contribution is 2.12. The lowest BCUT2D eigenvalue weighted by Crippen LogP contribution is -1.99. The van der Waals surface area contributed by atoms with E-state index in [1.165, 1.54) is 0 Å². The number of nitrogens with two attached hydrogens (primary N) is 1. The highest BCUT2D eigenvalue weighted by atomic mass is 14.6. The lowest BCUT2D eigenvalue weighted by Gasteiger charge is -2.01. The van der Waals surface area contributed by atoms with Crippen LogP contribution in [-0.4, -0.2) is 11.5 Å². The van der Waals surface area contributed by atoms with Crippen molar-refractivity contribution in [1.82, 2.24) is 4.98 Å². The van der Waals surface area contributed by atoms with Crippen molar-refractivity contribution >= 4 is 5.57 Å². The van der Waals surface area contributed by atoms with E-state index in [0.717, 1.165) is 17.6 Å². The van der Waals surface area contributed by atoms with Crippen LogP contribution in [0.4, 0.5) is 0 Å². The highest BCUT2D eigenvalue weighted by Gasteiger charge is 1.95. The zero-order valence-corrected chi connectivity index (χ0v) is 6.46. The van der Waals surface area contributed by atoms with E-state index in [2.05, 4.69) is 11.6 Å². The van der Waals surface area contributed by atoms with Gasteiger partial charge < -0.3 is 5.73 Å². The van der Waals surface area contributed by atoms with Gasteiger partial charge in [-0.25, -0.2) is 0 Å². The molecule has 0 aliphatic carbocycles. The Labute approximate surface area is 66.8 Å². The molecule has 2 nitrogen and oxygen atoms in total. The van der Waals surface area contributed by atoms with Crippen LogP contribution in [0.5, 0.6) is 0 Å². The van der Waals surface area contributed by atoms with E-state index in [0.29, 0.717) is 6.54 Å². The minimum absolute atomic E-state index is 0.647. The molecule has 0 radical (unpaired) electrons. The van der Waals surface area contributed by atoms with E-state index in [1.54, 1.807) is 12.4 Å². The van der Waals surface area contributed by atoms with Gasteiger partial charge in [0.25, 0.3) is 0 Å². The molecule has 0 saturated carbocycles. The van der Waals surface area contributed by atoms with Crippen LogP contribution in [0.15, 0.2) is 31.1 Å². The third kappa shape index (κ3) is 2.16. The second kappa shape index (κ2) is 3.88. The van der Waals surface area contributed by atoms with Crippen molar-refractivity contribution in [3.8, 4) is 0 Å². The second-order valence-electron chi connectivity index (χ2n) is 2.38. The normalized spacial score (nSPS) is 9.55. The summed E-state index contributed by atoms with van der Waals surface area (Å²) in [5, 5.41) is 0. The first kappa shape index (κ1) is 7.95. The van der Waals surface area contributed by atoms with Gasteiger partial charge in [0.15, 0.2) is 0 Å². The van der Waals surface area contributed by atoms with Crippen molar-refractivity contribution in [1.29, 1.82) is 0 Å². The van der Waals surface area contributed by atoms with Gasteiger partial charge >= 0.3 is 0 Å². The van der Waals surface area contributed by atoms with E-state index in [1.807, 2.05) is 12.1 Å². The first-order valence-corrected chi connectivity index (χ1v) is 3.63. The predicted molar refractivity (Wildman–Crippen MR) is 46.9 cm³/mol. The number of rotatable bonds is 3. The van der Waals surface area contributed by atoms with Crippen LogP contribution in [0.2, 0.25) is 0 Å². The summed E-state index contributed by atoms with van der Waals surface area (Å²) in [6, 6.07) is 3.89. The molecule has 1 rings (SSSR count). The Morgan fingerprint density at radius 3 is 3.00 bits per heavy atom. The molecule has 1 aromatic heterocycles. The number of aromatic nitrogens is 1. The van der Waals surface area contributed by atoms with Gasteiger partial charge in [-0.2, -0.15) is 0 Å². The van der Waals surface area contributed by atoms with E-state index >= 15 is 0 Å². The molecule has 58 valence electrons. The number of nitrogens with zero attached hydrogens (tertiary/aromatic N) is 1. The summed E-state index contributed by atoms with van der Waals surface area (Å²) in [5.74, 6) is 0. The molecule has 0 saturated heterocycles. The third-order valence-electron chi connectivity index (χ3n) is 1.52. The van der Waals surface area contributed by atoms with E-state index < -0.39 is 0 Å². The number of hydrogen-bond donors (Lipinski definition) is 1. The van der Waals surface area contributed by atoms with Gasteiger partial charge in [-0.15, -0.1) is 0 Å². The molecule has 2 N–H and O–H groups in total. The first-order chi connectivity index (χ1) is 5.34. The topological polar surface area (TPSA) is 38.9 Å². The quantitative estimate of drug-likeness (QED) is 0.704. The SMILES string of the molecule is C=C(CCN)c1cccnc1. The molecule has 0 bridgehead atoms. The van der Waals surface area contributed by atoms with Crippen molar-refractivity contribution in [2.24, 2.45) is 5.73 Å². The third-order valence-corrected chi connectivity index (χ3v) is 1.52. The van der Waals surface area contributed by atoms with Gasteiger partial charge in [0.2, 0.25) is 0 Å². The molecule has 0 unspecified atom stereocenters. The highest BCUT2D eigenvalue weighted by molar-refractivity contribution is 5.62. The van der Waals surface area contributed by atoms with Crippen LogP contribution in [-0.2, 0) is 0 Å². The molecule has 1 heterocycles. The fourth-order valence-electron chi connectivity index (χ4n) is 0.890. The summed E-state index contributed by atoms with van der Waals surface area (Å²) < 4.78 is 0. The maximum Gasteiger partial charge on any atom is 0.0342 e. The Morgan fingerprint density at radius 1 is 1.64 bits per heavy atom. The zero-order chi connectivity index (χ0) is 8.10. The lowest BCUT2D eigenvalue weighted by molar-refractivity contribution is 1.02. The largest absolute Gasteiger partial charge is 0.330 e. The lowest BCUT2D eigenvalue weighted by atomic mass is 10.1. The van der Waals surface area contributed by atoms with E-state index in [4.69, 9.17) is 5.73 Å². The van der Waals surface area contributed by atoms with Crippen molar-refractivity contribution in [3.63, 3.8) is 0 Å². The Balaban J connectivity index is 2.69. The molecule has 2 heteroatoms. The molecule has 0 atom stereocenters. The van der Waals surface area contributed by atoms with Gasteiger partial charge in [0.1, 0.15) is 0 Å². The van der Waals surface area contributed by atoms with Gasteiger partial charge in [0, 0.05) is 12.4 Å². The van der Waals surface area contributed by atoms with Gasteiger partial charge in [-0.3, -0.25) is 4.98 Å². The molecule has 0 aliphatic rings. The summed E-state index contributed by atoms with van der Waals surface area (Å²) in [6.45, 7) is 4.54. The molecule has 0 amide bonds. The van der Waals surface area contributed by atoms with E-state index in [9.17, 15) is 0 Å². The summed E-state index contributed by atoms with van der Waals surface area (Å²) in [7, 11) is 0. The minimum atomic E-state index is 0.647. The summed E-state index contributed by atoms with van der Waals surface area (Å²) in [4.78, 5) is 3.99. The van der Waals surface area contributed by atoms with Gasteiger partial charge in [-0.1, -0.05) is 12.6 Å². The Bertz CT molecular complexity index is 229. The van der Waals surface area contributed by atoms with Gasteiger partial charge in [0.05, 0.1) is 0 Å². The van der Waals surface area contributed by atoms with Gasteiger partial charge in [-0.05, 0) is 30.2 Å². The molecule has 0 spiro atoms. The fraction of sp³-hybridized carbons (Fsp3) is 0.222. The molecule has 0 fully saturated rings. The van der Waals surface area contributed by atoms with Crippen LogP contribution in [0.1, 0.15) is 12.0 Å². The van der Waals surface area contributed by atoms with Crippen LogP contribution < -0.4 is 5.73 Å². The summed E-state index contributed by atoms with van der Waals surface area (Å²) in [5.41, 5.74) is 7.52. The Morgan fingerprint density at radius 2 is 2.45 bits per heavy atom. The summed E-state index contributed by atoms with van der Waals surface area (Å²) in [6.07, 6.45) is 4.39.